The highest BCUT2D eigenvalue weighted by molar-refractivity contribution is 5.11. The van der Waals surface area contributed by atoms with Gasteiger partial charge in [-0.05, 0) is 45.0 Å². The summed E-state index contributed by atoms with van der Waals surface area (Å²) in [7, 11) is 0. The fraction of sp³-hybridized carbons (Fsp3) is 0.667. The Morgan fingerprint density at radius 1 is 1.40 bits per heavy atom. The largest absolute Gasteiger partial charge is 0.466 e. The number of hydrogen-bond donors (Lipinski definition) is 1. The van der Waals surface area contributed by atoms with Crippen LogP contribution in [0.3, 0.4) is 0 Å². The molecule has 0 unspecified atom stereocenters. The number of likely N-dealkylation sites (tertiary alicyclic amines) is 1. The predicted octanol–water partition coefficient (Wildman–Crippen LogP) is 1.73. The number of nitrogens with two attached hydrogens (primary N) is 1. The van der Waals surface area contributed by atoms with Crippen LogP contribution in [-0.2, 0) is 0 Å². The minimum atomic E-state index is 0.618. The van der Waals surface area contributed by atoms with Crippen molar-refractivity contribution in [3.8, 4) is 0 Å². The summed E-state index contributed by atoms with van der Waals surface area (Å²) in [4.78, 5) is 2.44. The summed E-state index contributed by atoms with van der Waals surface area (Å²) in [5, 5.41) is 0. The lowest BCUT2D eigenvalue weighted by Crippen LogP contribution is -2.36. The molecule has 84 valence electrons. The van der Waals surface area contributed by atoms with E-state index in [1.54, 1.807) is 0 Å². The van der Waals surface area contributed by atoms with Gasteiger partial charge in [-0.3, -0.25) is 0 Å². The fourth-order valence-corrected chi connectivity index (χ4v) is 2.30. The Kier molecular flexibility index (Phi) is 3.44. The number of aryl methyl sites for hydroxylation is 1. The van der Waals surface area contributed by atoms with Gasteiger partial charge in [0.1, 0.15) is 11.5 Å². The second-order valence-corrected chi connectivity index (χ2v) is 4.35. The van der Waals surface area contributed by atoms with Crippen LogP contribution in [-0.4, -0.2) is 31.1 Å². The summed E-state index contributed by atoms with van der Waals surface area (Å²) in [5.74, 6) is 2.81. The molecule has 3 nitrogen and oxygen atoms in total. The average Bonchev–Trinajstić information content (AvgIpc) is 2.67. The summed E-state index contributed by atoms with van der Waals surface area (Å²) in [6.07, 6.45) is 2.40. The monoisotopic (exact) mass is 208 g/mol. The number of piperidine rings is 1. The summed E-state index contributed by atoms with van der Waals surface area (Å²) < 4.78 is 5.67. The topological polar surface area (TPSA) is 42.4 Å². The standard InChI is InChI=1S/C12H20N2O/c1-10-2-3-12(15-10)11-4-7-14(8-5-11)9-6-13/h2-3,11H,4-9,13H2,1H3. The molecular weight excluding hydrogens is 188 g/mol. The van der Waals surface area contributed by atoms with Crippen molar-refractivity contribution in [2.24, 2.45) is 5.73 Å². The van der Waals surface area contributed by atoms with Gasteiger partial charge in [-0.2, -0.15) is 0 Å². The van der Waals surface area contributed by atoms with Crippen molar-refractivity contribution in [1.29, 1.82) is 0 Å². The first kappa shape index (κ1) is 10.7. The third-order valence-corrected chi connectivity index (χ3v) is 3.20. The van der Waals surface area contributed by atoms with Crippen molar-refractivity contribution in [3.05, 3.63) is 23.7 Å². The molecular formula is C12H20N2O. The van der Waals surface area contributed by atoms with Crippen LogP contribution in [0.5, 0.6) is 0 Å². The Labute approximate surface area is 91.2 Å². The summed E-state index contributed by atoms with van der Waals surface area (Å²) in [6.45, 7) is 6.12. The number of furan rings is 1. The molecule has 3 heteroatoms. The van der Waals surface area contributed by atoms with Gasteiger partial charge in [0.05, 0.1) is 0 Å². The first-order chi connectivity index (χ1) is 7.29. The average molecular weight is 208 g/mol. The van der Waals surface area contributed by atoms with Gasteiger partial charge in [-0.1, -0.05) is 0 Å². The van der Waals surface area contributed by atoms with Gasteiger partial charge in [-0.15, -0.1) is 0 Å². The zero-order chi connectivity index (χ0) is 10.7. The van der Waals surface area contributed by atoms with E-state index in [4.69, 9.17) is 10.2 Å². The smallest absolute Gasteiger partial charge is 0.107 e. The number of nitrogens with zero attached hydrogens (tertiary/aromatic N) is 1. The van der Waals surface area contributed by atoms with Crippen LogP contribution in [0.15, 0.2) is 16.5 Å². The molecule has 0 bridgehead atoms. The molecule has 0 amide bonds. The second-order valence-electron chi connectivity index (χ2n) is 4.35. The SMILES string of the molecule is Cc1ccc(C2CCN(CCN)CC2)o1. The highest BCUT2D eigenvalue weighted by atomic mass is 16.3. The van der Waals surface area contributed by atoms with Crippen molar-refractivity contribution in [2.45, 2.75) is 25.7 Å². The van der Waals surface area contributed by atoms with Crippen molar-refractivity contribution in [2.75, 3.05) is 26.2 Å². The van der Waals surface area contributed by atoms with Gasteiger partial charge in [0.15, 0.2) is 0 Å². The Morgan fingerprint density at radius 2 is 2.13 bits per heavy atom. The molecule has 1 aliphatic heterocycles. The summed E-state index contributed by atoms with van der Waals surface area (Å²) in [6, 6.07) is 4.18. The fourth-order valence-electron chi connectivity index (χ4n) is 2.30. The summed E-state index contributed by atoms with van der Waals surface area (Å²) in [5.41, 5.74) is 5.55. The Morgan fingerprint density at radius 3 is 2.67 bits per heavy atom. The van der Waals surface area contributed by atoms with E-state index in [1.807, 2.05) is 6.92 Å². The van der Waals surface area contributed by atoms with Crippen LogP contribution in [0, 0.1) is 6.92 Å². The highest BCUT2D eigenvalue weighted by Gasteiger charge is 2.21. The molecule has 2 N–H and O–H groups in total. The van der Waals surface area contributed by atoms with Gasteiger partial charge in [0.2, 0.25) is 0 Å². The molecule has 2 heterocycles. The van der Waals surface area contributed by atoms with E-state index in [0.717, 1.165) is 31.9 Å². The molecule has 0 aliphatic carbocycles. The molecule has 15 heavy (non-hydrogen) atoms. The van der Waals surface area contributed by atoms with Crippen molar-refractivity contribution in [1.82, 2.24) is 4.90 Å². The molecule has 1 fully saturated rings. The van der Waals surface area contributed by atoms with Crippen LogP contribution in [0.1, 0.15) is 30.3 Å². The van der Waals surface area contributed by atoms with E-state index in [1.165, 1.54) is 18.6 Å². The zero-order valence-corrected chi connectivity index (χ0v) is 9.41. The molecule has 0 saturated carbocycles. The van der Waals surface area contributed by atoms with E-state index >= 15 is 0 Å². The maximum atomic E-state index is 5.67. The minimum absolute atomic E-state index is 0.618. The van der Waals surface area contributed by atoms with Gasteiger partial charge in [0.25, 0.3) is 0 Å². The van der Waals surface area contributed by atoms with Crippen LogP contribution < -0.4 is 5.73 Å². The lowest BCUT2D eigenvalue weighted by molar-refractivity contribution is 0.206. The minimum Gasteiger partial charge on any atom is -0.466 e. The molecule has 0 aromatic carbocycles. The van der Waals surface area contributed by atoms with E-state index in [2.05, 4.69) is 17.0 Å². The molecule has 1 aromatic heterocycles. The molecule has 1 aliphatic rings. The lowest BCUT2D eigenvalue weighted by atomic mass is 9.94. The lowest BCUT2D eigenvalue weighted by Gasteiger charge is -2.30. The first-order valence-electron chi connectivity index (χ1n) is 5.78. The molecule has 0 atom stereocenters. The molecule has 1 aromatic rings. The summed E-state index contributed by atoms with van der Waals surface area (Å²) >= 11 is 0. The van der Waals surface area contributed by atoms with E-state index < -0.39 is 0 Å². The Balaban J connectivity index is 1.88. The van der Waals surface area contributed by atoms with Crippen LogP contribution in [0.4, 0.5) is 0 Å². The van der Waals surface area contributed by atoms with Crippen LogP contribution >= 0.6 is 0 Å². The number of rotatable bonds is 3. The van der Waals surface area contributed by atoms with Gasteiger partial charge in [-0.25, -0.2) is 0 Å². The molecule has 0 spiro atoms. The number of hydrogen-bond acceptors (Lipinski definition) is 3. The second kappa shape index (κ2) is 4.81. The quantitative estimate of drug-likeness (QED) is 0.822. The van der Waals surface area contributed by atoms with Gasteiger partial charge < -0.3 is 15.1 Å². The van der Waals surface area contributed by atoms with Crippen molar-refractivity contribution in [3.63, 3.8) is 0 Å². The maximum absolute atomic E-state index is 5.67. The Hall–Kier alpha value is -0.800. The third kappa shape index (κ3) is 2.61. The van der Waals surface area contributed by atoms with Crippen LogP contribution in [0.2, 0.25) is 0 Å². The molecule has 0 radical (unpaired) electrons. The highest BCUT2D eigenvalue weighted by Crippen LogP contribution is 2.28. The maximum Gasteiger partial charge on any atom is 0.107 e. The third-order valence-electron chi connectivity index (χ3n) is 3.20. The Bertz CT molecular complexity index is 300. The van der Waals surface area contributed by atoms with E-state index in [-0.39, 0.29) is 0 Å². The van der Waals surface area contributed by atoms with E-state index in [0.29, 0.717) is 5.92 Å². The molecule has 2 rings (SSSR count). The van der Waals surface area contributed by atoms with Crippen LogP contribution in [0.25, 0.3) is 0 Å². The van der Waals surface area contributed by atoms with Crippen molar-refractivity contribution < 1.29 is 4.42 Å². The van der Waals surface area contributed by atoms with Gasteiger partial charge in [0, 0.05) is 19.0 Å². The van der Waals surface area contributed by atoms with Crippen molar-refractivity contribution >= 4 is 0 Å². The van der Waals surface area contributed by atoms with E-state index in [9.17, 15) is 0 Å². The van der Waals surface area contributed by atoms with Gasteiger partial charge >= 0.3 is 0 Å². The predicted molar refractivity (Wildman–Crippen MR) is 60.9 cm³/mol. The normalized spacial score (nSPS) is 19.6. The first-order valence-corrected chi connectivity index (χ1v) is 5.78. The molecule has 1 saturated heterocycles. The zero-order valence-electron chi connectivity index (χ0n) is 9.41.